The Labute approximate surface area is 51.7 Å². The Bertz CT molecular complexity index is 39.8. The first-order valence-corrected chi connectivity index (χ1v) is 3.20. The van der Waals surface area contributed by atoms with E-state index in [0.29, 0.717) is 0 Å². The van der Waals surface area contributed by atoms with Crippen LogP contribution in [0, 0.1) is 0 Å². The Kier molecular flexibility index (Phi) is 5.01. The summed E-state index contributed by atoms with van der Waals surface area (Å²) in [5, 5.41) is 0. The average Bonchev–Trinajstić information content (AvgIpc) is 1.68. The Morgan fingerprint density at radius 2 is 2.00 bits per heavy atom. The minimum atomic E-state index is 0.774. The predicted molar refractivity (Wildman–Crippen MR) is 36.8 cm³/mol. The molecule has 0 fully saturated rings. The first kappa shape index (κ1) is 7.92. The molecule has 2 N–H and O–H groups in total. The van der Waals surface area contributed by atoms with Gasteiger partial charge in [0.05, 0.1) is 0 Å². The number of nitrogens with two attached hydrogens (primary N) is 1. The summed E-state index contributed by atoms with van der Waals surface area (Å²) < 4.78 is 0. The molecule has 0 saturated carbocycles. The van der Waals surface area contributed by atoms with Crippen molar-refractivity contribution >= 4 is 0 Å². The second-order valence-electron chi connectivity index (χ2n) is 2.09. The van der Waals surface area contributed by atoms with E-state index < -0.39 is 0 Å². The van der Waals surface area contributed by atoms with E-state index in [1.54, 1.807) is 0 Å². The molecular weight excluding hydrogens is 100 g/mol. The summed E-state index contributed by atoms with van der Waals surface area (Å²) in [7, 11) is 2.09. The van der Waals surface area contributed by atoms with Gasteiger partial charge in [0, 0.05) is 13.1 Å². The van der Waals surface area contributed by atoms with Gasteiger partial charge >= 0.3 is 0 Å². The quantitative estimate of drug-likeness (QED) is 0.572. The van der Waals surface area contributed by atoms with Crippen LogP contribution in [0.25, 0.3) is 0 Å². The summed E-state index contributed by atoms with van der Waals surface area (Å²) in [6, 6.07) is 0. The molecule has 0 aliphatic heterocycles. The molecule has 0 atom stereocenters. The van der Waals surface area contributed by atoms with Crippen LogP contribution in [0.5, 0.6) is 0 Å². The van der Waals surface area contributed by atoms with E-state index in [1.807, 2.05) is 0 Å². The number of hydrogen-bond donors (Lipinski definition) is 1. The molecule has 0 bridgehead atoms. The molecule has 0 aliphatic carbocycles. The van der Waals surface area contributed by atoms with Gasteiger partial charge in [-0.3, -0.25) is 0 Å². The number of hydrogen-bond acceptors (Lipinski definition) is 2. The zero-order chi connectivity index (χ0) is 6.41. The minimum Gasteiger partial charge on any atom is -0.329 e. The van der Waals surface area contributed by atoms with Crippen molar-refractivity contribution in [2.75, 3.05) is 26.7 Å². The zero-order valence-electron chi connectivity index (χ0n) is 5.85. The standard InChI is InChI=1S/C6H16N2/c1-3-5-8(2)6-4-7/h3-7H2,1-2H3. The summed E-state index contributed by atoms with van der Waals surface area (Å²) in [4.78, 5) is 2.24. The van der Waals surface area contributed by atoms with Gasteiger partial charge in [-0.05, 0) is 20.0 Å². The highest BCUT2D eigenvalue weighted by Crippen LogP contribution is 1.82. The molecule has 0 unspecified atom stereocenters. The number of nitrogens with zero attached hydrogens (tertiary/aromatic N) is 1. The summed E-state index contributed by atoms with van der Waals surface area (Å²) in [5.74, 6) is 0. The molecule has 0 radical (unpaired) electrons. The van der Waals surface area contributed by atoms with Crippen molar-refractivity contribution in [2.24, 2.45) is 5.73 Å². The largest absolute Gasteiger partial charge is 0.329 e. The average molecular weight is 116 g/mol. The highest BCUT2D eigenvalue weighted by Gasteiger charge is 1.90. The maximum atomic E-state index is 5.32. The first-order valence-electron chi connectivity index (χ1n) is 3.20. The van der Waals surface area contributed by atoms with E-state index in [2.05, 4.69) is 18.9 Å². The number of likely N-dealkylation sites (N-methyl/N-ethyl adjacent to an activating group) is 1. The first-order chi connectivity index (χ1) is 3.81. The molecule has 0 saturated heterocycles. The topological polar surface area (TPSA) is 29.3 Å². The van der Waals surface area contributed by atoms with Gasteiger partial charge in [0.2, 0.25) is 0 Å². The number of rotatable bonds is 4. The lowest BCUT2D eigenvalue weighted by Crippen LogP contribution is -2.25. The minimum absolute atomic E-state index is 0.774. The summed E-state index contributed by atoms with van der Waals surface area (Å²) in [6.45, 7) is 5.13. The smallest absolute Gasteiger partial charge is 0.0102 e. The molecule has 0 aromatic heterocycles. The molecule has 0 aliphatic rings. The van der Waals surface area contributed by atoms with Crippen LogP contribution < -0.4 is 5.73 Å². The molecule has 2 heteroatoms. The lowest BCUT2D eigenvalue weighted by Gasteiger charge is -2.12. The van der Waals surface area contributed by atoms with Crippen molar-refractivity contribution in [1.82, 2.24) is 4.90 Å². The molecule has 0 rings (SSSR count). The van der Waals surface area contributed by atoms with Crippen LogP contribution in [0.15, 0.2) is 0 Å². The van der Waals surface area contributed by atoms with Gasteiger partial charge < -0.3 is 10.6 Å². The van der Waals surface area contributed by atoms with Gasteiger partial charge in [0.25, 0.3) is 0 Å². The molecule has 8 heavy (non-hydrogen) atoms. The van der Waals surface area contributed by atoms with Crippen molar-refractivity contribution in [3.63, 3.8) is 0 Å². The van der Waals surface area contributed by atoms with Crippen molar-refractivity contribution in [3.8, 4) is 0 Å². The van der Waals surface area contributed by atoms with Gasteiger partial charge in [0.1, 0.15) is 0 Å². The lowest BCUT2D eigenvalue weighted by atomic mass is 10.4. The molecule has 0 aromatic carbocycles. The maximum Gasteiger partial charge on any atom is 0.0102 e. The van der Waals surface area contributed by atoms with E-state index in [9.17, 15) is 0 Å². The molecule has 0 aromatic rings. The summed E-state index contributed by atoms with van der Waals surface area (Å²) in [6.07, 6.45) is 1.22. The van der Waals surface area contributed by atoms with E-state index in [1.165, 1.54) is 6.42 Å². The van der Waals surface area contributed by atoms with Crippen molar-refractivity contribution in [2.45, 2.75) is 13.3 Å². The molecule has 2 nitrogen and oxygen atoms in total. The summed E-state index contributed by atoms with van der Waals surface area (Å²) >= 11 is 0. The second kappa shape index (κ2) is 5.06. The van der Waals surface area contributed by atoms with Gasteiger partial charge in [-0.15, -0.1) is 0 Å². The van der Waals surface area contributed by atoms with Crippen LogP contribution >= 0.6 is 0 Å². The van der Waals surface area contributed by atoms with Gasteiger partial charge in [-0.25, -0.2) is 0 Å². The van der Waals surface area contributed by atoms with Crippen LogP contribution in [-0.4, -0.2) is 31.6 Å². The van der Waals surface area contributed by atoms with Crippen LogP contribution in [-0.2, 0) is 0 Å². The third-order valence-electron chi connectivity index (χ3n) is 1.12. The fraction of sp³-hybridized carbons (Fsp3) is 1.00. The van der Waals surface area contributed by atoms with E-state index in [4.69, 9.17) is 5.73 Å². The lowest BCUT2D eigenvalue weighted by molar-refractivity contribution is 0.344. The van der Waals surface area contributed by atoms with Gasteiger partial charge in [-0.1, -0.05) is 6.92 Å². The van der Waals surface area contributed by atoms with Crippen LogP contribution in [0.4, 0.5) is 0 Å². The summed E-state index contributed by atoms with van der Waals surface area (Å²) in [5.41, 5.74) is 5.32. The van der Waals surface area contributed by atoms with E-state index in [-0.39, 0.29) is 0 Å². The third-order valence-corrected chi connectivity index (χ3v) is 1.12. The molecule has 0 amide bonds. The Balaban J connectivity index is 2.92. The van der Waals surface area contributed by atoms with Crippen LogP contribution in [0.3, 0.4) is 0 Å². The Morgan fingerprint density at radius 1 is 1.38 bits per heavy atom. The normalized spacial score (nSPS) is 10.5. The van der Waals surface area contributed by atoms with E-state index >= 15 is 0 Å². The van der Waals surface area contributed by atoms with E-state index in [0.717, 1.165) is 19.6 Å². The molecule has 0 heterocycles. The van der Waals surface area contributed by atoms with Crippen LogP contribution in [0.1, 0.15) is 13.3 Å². The maximum absolute atomic E-state index is 5.32. The van der Waals surface area contributed by atoms with Crippen molar-refractivity contribution in [3.05, 3.63) is 0 Å². The van der Waals surface area contributed by atoms with Crippen molar-refractivity contribution in [1.29, 1.82) is 0 Å². The zero-order valence-corrected chi connectivity index (χ0v) is 5.85. The van der Waals surface area contributed by atoms with Gasteiger partial charge in [0.15, 0.2) is 0 Å². The highest BCUT2D eigenvalue weighted by atomic mass is 15.1. The fourth-order valence-corrected chi connectivity index (χ4v) is 0.714. The van der Waals surface area contributed by atoms with Crippen LogP contribution in [0.2, 0.25) is 0 Å². The fourth-order valence-electron chi connectivity index (χ4n) is 0.714. The molecule has 0 spiro atoms. The monoisotopic (exact) mass is 116 g/mol. The van der Waals surface area contributed by atoms with Crippen molar-refractivity contribution < 1.29 is 0 Å². The predicted octanol–water partition coefficient (Wildman–Crippen LogP) is 0.287. The third kappa shape index (κ3) is 4.09. The second-order valence-corrected chi connectivity index (χ2v) is 2.09. The molecule has 50 valence electrons. The Morgan fingerprint density at radius 3 is 2.38 bits per heavy atom. The Hall–Kier alpha value is -0.0800. The SMILES string of the molecule is CCCN(C)CCN. The highest BCUT2D eigenvalue weighted by molar-refractivity contribution is 4.47. The van der Waals surface area contributed by atoms with Gasteiger partial charge in [-0.2, -0.15) is 0 Å². The molecular formula is C6H16N2.